The van der Waals surface area contributed by atoms with E-state index < -0.39 is 0 Å². The molecule has 0 aromatic carbocycles. The first-order chi connectivity index (χ1) is 13.3. The molecule has 28 heavy (non-hydrogen) atoms. The summed E-state index contributed by atoms with van der Waals surface area (Å²) < 4.78 is 0. The van der Waals surface area contributed by atoms with E-state index in [0.717, 1.165) is 19.3 Å². The van der Waals surface area contributed by atoms with Crippen molar-refractivity contribution in [3.05, 3.63) is 106 Å². The molecule has 0 saturated heterocycles. The standard InChI is InChI=1S/C28H38/c1-8-28-21-11-15-22(2)14-9-10-16-23(3)24(4)17-12-18-25(5)26(6)19-13-20-27(28)7/h9-16,18-19,21H,8,17,20H2,1-7H3/b14-9+,16-10+,18-12+,19-13+,21-11?,22-15+,24-23-,26-25-,28-27?. The Morgan fingerprint density at radius 3 is 1.79 bits per heavy atom. The van der Waals surface area contributed by atoms with Gasteiger partial charge in [0, 0.05) is 0 Å². The first-order valence-corrected chi connectivity index (χ1v) is 10.4. The van der Waals surface area contributed by atoms with Crippen molar-refractivity contribution < 1.29 is 0 Å². The van der Waals surface area contributed by atoms with Crippen LogP contribution in [0, 0.1) is 0 Å². The van der Waals surface area contributed by atoms with Gasteiger partial charge in [0.25, 0.3) is 0 Å². The number of hydrogen-bond acceptors (Lipinski definition) is 0. The lowest BCUT2D eigenvalue weighted by atomic mass is 10.0. The maximum absolute atomic E-state index is 2.29. The molecular formula is C28H38. The Labute approximate surface area is 173 Å². The number of allylic oxidation sites excluding steroid dienone is 18. The molecule has 0 heteroatoms. The second-order valence-corrected chi connectivity index (χ2v) is 7.69. The Morgan fingerprint density at radius 1 is 0.607 bits per heavy atom. The maximum Gasteiger partial charge on any atom is -0.0133 e. The van der Waals surface area contributed by atoms with Crippen LogP contribution in [-0.2, 0) is 0 Å². The van der Waals surface area contributed by atoms with E-state index in [1.807, 2.05) is 0 Å². The van der Waals surface area contributed by atoms with Gasteiger partial charge in [-0.1, -0.05) is 96.1 Å². The summed E-state index contributed by atoms with van der Waals surface area (Å²) in [5, 5.41) is 0. The lowest BCUT2D eigenvalue weighted by molar-refractivity contribution is 1.06. The fourth-order valence-electron chi connectivity index (χ4n) is 2.86. The van der Waals surface area contributed by atoms with E-state index in [2.05, 4.69) is 115 Å². The molecule has 0 aliphatic heterocycles. The van der Waals surface area contributed by atoms with Crippen LogP contribution in [0.1, 0.15) is 67.7 Å². The van der Waals surface area contributed by atoms with Crippen molar-refractivity contribution in [1.82, 2.24) is 0 Å². The van der Waals surface area contributed by atoms with Crippen LogP contribution in [-0.4, -0.2) is 0 Å². The quantitative estimate of drug-likeness (QED) is 0.430. The van der Waals surface area contributed by atoms with E-state index >= 15 is 0 Å². The molecule has 0 unspecified atom stereocenters. The van der Waals surface area contributed by atoms with Crippen molar-refractivity contribution in [1.29, 1.82) is 0 Å². The Bertz CT molecular complexity index is 793. The van der Waals surface area contributed by atoms with Gasteiger partial charge in [-0.3, -0.25) is 0 Å². The first kappa shape index (κ1) is 23.7. The predicted octanol–water partition coefficient (Wildman–Crippen LogP) is 8.91. The lowest BCUT2D eigenvalue weighted by Gasteiger charge is -2.04. The molecule has 1 rings (SSSR count). The van der Waals surface area contributed by atoms with E-state index in [1.165, 1.54) is 39.0 Å². The van der Waals surface area contributed by atoms with Gasteiger partial charge < -0.3 is 0 Å². The van der Waals surface area contributed by atoms with Crippen LogP contribution in [0.5, 0.6) is 0 Å². The third kappa shape index (κ3) is 9.04. The van der Waals surface area contributed by atoms with Gasteiger partial charge >= 0.3 is 0 Å². The minimum Gasteiger partial charge on any atom is -0.0802 e. The van der Waals surface area contributed by atoms with Gasteiger partial charge in [-0.25, -0.2) is 0 Å². The lowest BCUT2D eigenvalue weighted by Crippen LogP contribution is -1.84. The summed E-state index contributed by atoms with van der Waals surface area (Å²) in [5.74, 6) is 0. The number of rotatable bonds is 1. The van der Waals surface area contributed by atoms with E-state index in [4.69, 9.17) is 0 Å². The molecular weight excluding hydrogens is 336 g/mol. The second-order valence-electron chi connectivity index (χ2n) is 7.69. The summed E-state index contributed by atoms with van der Waals surface area (Å²) in [4.78, 5) is 0. The second kappa shape index (κ2) is 12.9. The summed E-state index contributed by atoms with van der Waals surface area (Å²) in [6.07, 6.45) is 27.3. The molecule has 0 atom stereocenters. The van der Waals surface area contributed by atoms with Gasteiger partial charge in [0.05, 0.1) is 0 Å². The maximum atomic E-state index is 2.29. The fourth-order valence-corrected chi connectivity index (χ4v) is 2.86. The van der Waals surface area contributed by atoms with Gasteiger partial charge in [-0.15, -0.1) is 0 Å². The van der Waals surface area contributed by atoms with Crippen LogP contribution in [0.15, 0.2) is 106 Å². The molecule has 0 aromatic heterocycles. The highest BCUT2D eigenvalue weighted by atomic mass is 14.0. The molecule has 0 amide bonds. The Balaban J connectivity index is 3.25. The predicted molar refractivity (Wildman–Crippen MR) is 128 cm³/mol. The van der Waals surface area contributed by atoms with E-state index in [-0.39, 0.29) is 0 Å². The van der Waals surface area contributed by atoms with Crippen LogP contribution in [0.3, 0.4) is 0 Å². The van der Waals surface area contributed by atoms with E-state index in [9.17, 15) is 0 Å². The molecule has 0 bridgehead atoms. The van der Waals surface area contributed by atoms with Crippen molar-refractivity contribution in [2.75, 3.05) is 0 Å². The molecule has 1 aliphatic rings. The van der Waals surface area contributed by atoms with E-state index in [1.54, 1.807) is 0 Å². The fraction of sp³-hybridized carbons (Fsp3) is 0.357. The smallest absolute Gasteiger partial charge is 0.0133 e. The Kier molecular flexibility index (Phi) is 11.0. The van der Waals surface area contributed by atoms with Crippen molar-refractivity contribution >= 4 is 0 Å². The van der Waals surface area contributed by atoms with Crippen molar-refractivity contribution in [2.45, 2.75) is 67.7 Å². The average molecular weight is 375 g/mol. The molecule has 0 N–H and O–H groups in total. The van der Waals surface area contributed by atoms with Crippen LogP contribution in [0.2, 0.25) is 0 Å². The third-order valence-corrected chi connectivity index (χ3v) is 5.28. The largest absolute Gasteiger partial charge is 0.0802 e. The first-order valence-electron chi connectivity index (χ1n) is 10.4. The Morgan fingerprint density at radius 2 is 1.18 bits per heavy atom. The van der Waals surface area contributed by atoms with Gasteiger partial charge in [0.15, 0.2) is 0 Å². The highest BCUT2D eigenvalue weighted by Crippen LogP contribution is 2.17. The summed E-state index contributed by atoms with van der Waals surface area (Å²) in [6.45, 7) is 15.4. The molecule has 0 aromatic rings. The minimum absolute atomic E-state index is 0.986. The van der Waals surface area contributed by atoms with Crippen molar-refractivity contribution in [3.8, 4) is 0 Å². The molecule has 1 aliphatic carbocycles. The molecule has 150 valence electrons. The van der Waals surface area contributed by atoms with Crippen molar-refractivity contribution in [3.63, 3.8) is 0 Å². The van der Waals surface area contributed by atoms with Crippen LogP contribution < -0.4 is 0 Å². The topological polar surface area (TPSA) is 0 Å². The molecule has 0 radical (unpaired) electrons. The average Bonchev–Trinajstić information content (AvgIpc) is 2.67. The molecule has 0 nitrogen and oxygen atoms in total. The van der Waals surface area contributed by atoms with Gasteiger partial charge in [0.1, 0.15) is 0 Å². The van der Waals surface area contributed by atoms with Crippen LogP contribution >= 0.6 is 0 Å². The summed E-state index contributed by atoms with van der Waals surface area (Å²) in [5.41, 5.74) is 9.49. The van der Waals surface area contributed by atoms with Gasteiger partial charge in [0.2, 0.25) is 0 Å². The zero-order valence-corrected chi connectivity index (χ0v) is 19.0. The summed E-state index contributed by atoms with van der Waals surface area (Å²) in [6, 6.07) is 0. The van der Waals surface area contributed by atoms with Gasteiger partial charge in [-0.05, 0) is 77.5 Å². The third-order valence-electron chi connectivity index (χ3n) is 5.28. The SMILES string of the molecule is CCC1=C(C)C/C=C/C(C)=C(C)\C=C\C\C(C)=C(C)/C=C/C=C/C(C)=C/C=C1. The van der Waals surface area contributed by atoms with Crippen molar-refractivity contribution in [2.24, 2.45) is 0 Å². The monoisotopic (exact) mass is 374 g/mol. The molecule has 0 spiro atoms. The van der Waals surface area contributed by atoms with E-state index in [0.29, 0.717) is 0 Å². The Hall–Kier alpha value is -2.34. The highest BCUT2D eigenvalue weighted by Gasteiger charge is 1.96. The van der Waals surface area contributed by atoms with Gasteiger partial charge in [-0.2, -0.15) is 0 Å². The normalized spacial score (nSPS) is 29.8. The van der Waals surface area contributed by atoms with Crippen LogP contribution in [0.25, 0.3) is 0 Å². The summed E-state index contributed by atoms with van der Waals surface area (Å²) in [7, 11) is 0. The molecule has 0 fully saturated rings. The minimum atomic E-state index is 0.986. The highest BCUT2D eigenvalue weighted by molar-refractivity contribution is 5.35. The molecule has 0 saturated carbocycles. The summed E-state index contributed by atoms with van der Waals surface area (Å²) >= 11 is 0. The zero-order chi connectivity index (χ0) is 20.9. The molecule has 0 heterocycles. The zero-order valence-electron chi connectivity index (χ0n) is 19.0. The van der Waals surface area contributed by atoms with Crippen LogP contribution in [0.4, 0.5) is 0 Å². The number of hydrogen-bond donors (Lipinski definition) is 0.